The monoisotopic (exact) mass is 723 g/mol. The molecule has 4 amide bonds. The minimum atomic E-state index is -1.18. The van der Waals surface area contributed by atoms with Gasteiger partial charge < -0.3 is 29.5 Å². The summed E-state index contributed by atoms with van der Waals surface area (Å²) in [5.41, 5.74) is 2.53. The van der Waals surface area contributed by atoms with Crippen LogP contribution in [0.1, 0.15) is 91.7 Å². The van der Waals surface area contributed by atoms with Crippen LogP contribution in [0.3, 0.4) is 0 Å². The van der Waals surface area contributed by atoms with E-state index in [0.29, 0.717) is 0 Å². The zero-order chi connectivity index (χ0) is 38.8. The summed E-state index contributed by atoms with van der Waals surface area (Å²) >= 11 is 0. The first-order valence-electron chi connectivity index (χ1n) is 17.4. The van der Waals surface area contributed by atoms with Crippen molar-refractivity contribution in [3.8, 4) is 11.1 Å². The molecule has 14 nitrogen and oxygen atoms in total. The van der Waals surface area contributed by atoms with E-state index in [-0.39, 0.29) is 50.2 Å². The fourth-order valence-electron chi connectivity index (χ4n) is 5.71. The largest absolute Gasteiger partial charge is 0.480 e. The fraction of sp³-hybridized carbons (Fsp3) is 0.526. The van der Waals surface area contributed by atoms with Crippen LogP contribution in [0.5, 0.6) is 0 Å². The van der Waals surface area contributed by atoms with Crippen molar-refractivity contribution < 1.29 is 43.3 Å². The number of fused-ring (bicyclic) bond motifs is 3. The van der Waals surface area contributed by atoms with Crippen molar-refractivity contribution in [1.29, 1.82) is 0 Å². The Morgan fingerprint density at radius 2 is 1.33 bits per heavy atom. The van der Waals surface area contributed by atoms with Gasteiger partial charge in [0.05, 0.1) is 0 Å². The number of carbonyl (C=O) groups is 5. The molecule has 2 aromatic rings. The molecular formula is C38H53N5O9. The number of rotatable bonds is 12. The minimum Gasteiger partial charge on any atom is -0.480 e. The van der Waals surface area contributed by atoms with Crippen molar-refractivity contribution in [3.63, 3.8) is 0 Å². The normalized spacial score (nSPS) is 13.5. The Kier molecular flexibility index (Phi) is 14.2. The molecule has 0 aromatic heterocycles. The van der Waals surface area contributed by atoms with E-state index >= 15 is 0 Å². The van der Waals surface area contributed by atoms with Crippen LogP contribution in [0.15, 0.2) is 53.5 Å². The number of aliphatic carboxylic acids is 1. The van der Waals surface area contributed by atoms with E-state index in [9.17, 15) is 29.1 Å². The summed E-state index contributed by atoms with van der Waals surface area (Å²) in [6, 6.07) is 13.5. The van der Waals surface area contributed by atoms with E-state index in [2.05, 4.69) is 20.9 Å². The van der Waals surface area contributed by atoms with Gasteiger partial charge in [-0.15, -0.1) is 0 Å². The first-order chi connectivity index (χ1) is 24.3. The average molecular weight is 724 g/mol. The summed E-state index contributed by atoms with van der Waals surface area (Å²) in [4.78, 5) is 69.6. The van der Waals surface area contributed by atoms with Crippen molar-refractivity contribution in [2.45, 2.75) is 104 Å². The van der Waals surface area contributed by atoms with E-state index in [1.807, 2.05) is 62.4 Å². The van der Waals surface area contributed by atoms with Crippen LogP contribution in [0, 0.1) is 5.92 Å². The van der Waals surface area contributed by atoms with Crippen molar-refractivity contribution in [2.24, 2.45) is 10.9 Å². The number of hydrogen-bond donors (Lipinski definition) is 4. The smallest absolute Gasteiger partial charge is 0.414 e. The highest BCUT2D eigenvalue weighted by Gasteiger charge is 2.34. The Balaban J connectivity index is 1.78. The number of amides is 4. The van der Waals surface area contributed by atoms with Gasteiger partial charge in [-0.1, -0.05) is 62.4 Å². The van der Waals surface area contributed by atoms with Crippen LogP contribution in [0.4, 0.5) is 14.4 Å². The van der Waals surface area contributed by atoms with Crippen LogP contribution >= 0.6 is 0 Å². The molecule has 284 valence electrons. The van der Waals surface area contributed by atoms with Gasteiger partial charge in [0.1, 0.15) is 29.9 Å². The van der Waals surface area contributed by atoms with E-state index < -0.39 is 53.4 Å². The number of benzene rings is 2. The molecule has 0 radical (unpaired) electrons. The highest BCUT2D eigenvalue weighted by molar-refractivity contribution is 6.01. The zero-order valence-corrected chi connectivity index (χ0v) is 31.6. The van der Waals surface area contributed by atoms with E-state index in [1.165, 1.54) is 7.05 Å². The molecule has 2 unspecified atom stereocenters. The molecule has 2 atom stereocenters. The highest BCUT2D eigenvalue weighted by Crippen LogP contribution is 2.44. The Hall–Kier alpha value is -5.14. The number of aliphatic imine (C=N–C) groups is 1. The van der Waals surface area contributed by atoms with Crippen LogP contribution in [0.2, 0.25) is 0 Å². The number of carboxylic acids is 1. The quantitative estimate of drug-likeness (QED) is 0.0878. The maximum Gasteiger partial charge on any atom is 0.414 e. The Morgan fingerprint density at radius 3 is 1.79 bits per heavy atom. The molecule has 3 rings (SSSR count). The lowest BCUT2D eigenvalue weighted by atomic mass is 9.98. The number of carbonyl (C=O) groups excluding carboxylic acids is 4. The lowest BCUT2D eigenvalue weighted by Crippen LogP contribution is -2.52. The van der Waals surface area contributed by atoms with Crippen LogP contribution in [-0.2, 0) is 23.8 Å². The topological polar surface area (TPSA) is 185 Å². The summed E-state index contributed by atoms with van der Waals surface area (Å²) in [6.45, 7) is 13.8. The molecule has 0 saturated heterocycles. The molecule has 0 aliphatic heterocycles. The van der Waals surface area contributed by atoms with Gasteiger partial charge in [-0.05, 0) is 89.0 Å². The summed E-state index contributed by atoms with van der Waals surface area (Å²) in [6.07, 6.45) is -2.16. The van der Waals surface area contributed by atoms with Crippen LogP contribution < -0.4 is 16.0 Å². The fourth-order valence-corrected chi connectivity index (χ4v) is 5.71. The van der Waals surface area contributed by atoms with Gasteiger partial charge in [0.15, 0.2) is 0 Å². The number of likely N-dealkylation sites (N-methyl/N-ethyl adjacent to an activating group) is 1. The third-order valence-electron chi connectivity index (χ3n) is 7.89. The molecule has 0 heterocycles. The summed E-state index contributed by atoms with van der Waals surface area (Å²) < 4.78 is 16.3. The lowest BCUT2D eigenvalue weighted by Gasteiger charge is -2.30. The first kappa shape index (κ1) is 41.3. The number of nitrogens with zero attached hydrogens (tertiary/aromatic N) is 2. The number of nitrogens with one attached hydrogen (secondary N) is 3. The highest BCUT2D eigenvalue weighted by atomic mass is 16.6. The molecule has 1 aliphatic rings. The molecule has 2 aromatic carbocycles. The number of alkyl carbamates (subject to hydrolysis) is 3. The van der Waals surface area contributed by atoms with Gasteiger partial charge in [-0.2, -0.15) is 0 Å². The molecule has 0 fully saturated rings. The first-order valence-corrected chi connectivity index (χ1v) is 17.4. The maximum atomic E-state index is 13.8. The van der Waals surface area contributed by atoms with E-state index in [1.54, 1.807) is 41.5 Å². The molecule has 0 spiro atoms. The lowest BCUT2D eigenvalue weighted by molar-refractivity contribution is -0.150. The molecule has 4 N–H and O–H groups in total. The molecule has 0 bridgehead atoms. The van der Waals surface area contributed by atoms with Crippen LogP contribution in [0.25, 0.3) is 11.1 Å². The number of guanidine groups is 1. The van der Waals surface area contributed by atoms with Gasteiger partial charge in [0.25, 0.3) is 0 Å². The minimum absolute atomic E-state index is 0.0159. The molecule has 1 aliphatic carbocycles. The van der Waals surface area contributed by atoms with Crippen molar-refractivity contribution in [2.75, 3.05) is 20.2 Å². The Morgan fingerprint density at radius 1 is 0.827 bits per heavy atom. The zero-order valence-electron chi connectivity index (χ0n) is 31.6. The van der Waals surface area contributed by atoms with Crippen molar-refractivity contribution >= 4 is 36.1 Å². The molecular weight excluding hydrogens is 670 g/mol. The second kappa shape index (κ2) is 17.9. The predicted octanol–water partition coefficient (Wildman–Crippen LogP) is 6.04. The Labute approximate surface area is 305 Å². The predicted molar refractivity (Wildman–Crippen MR) is 196 cm³/mol. The van der Waals surface area contributed by atoms with Crippen molar-refractivity contribution in [1.82, 2.24) is 20.9 Å². The second-order valence-corrected chi connectivity index (χ2v) is 15.1. The number of hydrogen-bond acceptors (Lipinski definition) is 9. The third kappa shape index (κ3) is 12.6. The van der Waals surface area contributed by atoms with Gasteiger partial charge in [-0.3, -0.25) is 20.4 Å². The summed E-state index contributed by atoms with van der Waals surface area (Å²) in [5, 5.41) is 17.4. The summed E-state index contributed by atoms with van der Waals surface area (Å²) in [5.74, 6) is -2.26. The van der Waals surface area contributed by atoms with Crippen LogP contribution in [-0.4, -0.2) is 89.6 Å². The molecule has 0 saturated carbocycles. The number of carboxylic acid groups (broad SMARTS) is 1. The average Bonchev–Trinajstić information content (AvgIpc) is 3.34. The van der Waals surface area contributed by atoms with Gasteiger partial charge in [0, 0.05) is 19.5 Å². The standard InChI is InChI=1S/C38H53N5O9/c1-23(2)21-30(32(45)46)43(9)31(44)29(19-14-20-39-33(41-35(48)51-37(3,4)5)42-36(49)52-38(6,7)8)40-34(47)50-22-28-26-17-12-10-15-24(26)25-16-11-13-18-27(25)28/h10-13,15-18,23,28-30H,14,19-22H2,1-9H3,(H,40,47)(H,45,46)(H2,39,41,42,48,49). The van der Waals surface area contributed by atoms with E-state index in [0.717, 1.165) is 27.2 Å². The molecule has 14 heteroatoms. The van der Waals surface area contributed by atoms with E-state index in [4.69, 9.17) is 14.2 Å². The summed E-state index contributed by atoms with van der Waals surface area (Å²) in [7, 11) is 1.39. The Bertz CT molecular complexity index is 1550. The van der Waals surface area contributed by atoms with Gasteiger partial charge >= 0.3 is 24.2 Å². The molecule has 52 heavy (non-hydrogen) atoms. The van der Waals surface area contributed by atoms with Gasteiger partial charge in [0.2, 0.25) is 11.9 Å². The maximum absolute atomic E-state index is 13.8. The van der Waals surface area contributed by atoms with Crippen molar-refractivity contribution in [3.05, 3.63) is 59.7 Å². The SMILES string of the molecule is CC(C)CC(C(=O)O)N(C)C(=O)C(CCCN=C(NC(=O)OC(C)(C)C)NC(=O)OC(C)(C)C)NC(=O)OCC1c2ccccc2-c2ccccc21. The third-order valence-corrected chi connectivity index (χ3v) is 7.89. The second-order valence-electron chi connectivity index (χ2n) is 15.1. The van der Waals surface area contributed by atoms with Gasteiger partial charge in [-0.25, -0.2) is 19.2 Å². The number of ether oxygens (including phenoxy) is 3.